The SMILES string of the molecule is O=C(O)/C=C/c1ccc(Oc2cc(Br)ccc2Cl)c(Cl)c1. The van der Waals surface area contributed by atoms with Crippen LogP contribution >= 0.6 is 39.1 Å². The van der Waals surface area contributed by atoms with E-state index in [9.17, 15) is 4.79 Å². The lowest BCUT2D eigenvalue weighted by atomic mass is 10.2. The molecule has 2 aromatic rings. The summed E-state index contributed by atoms with van der Waals surface area (Å²) < 4.78 is 6.50. The van der Waals surface area contributed by atoms with E-state index in [4.69, 9.17) is 33.0 Å². The van der Waals surface area contributed by atoms with Crippen LogP contribution in [0.4, 0.5) is 0 Å². The number of benzene rings is 2. The molecule has 0 bridgehead atoms. The number of carboxylic acids is 1. The van der Waals surface area contributed by atoms with E-state index in [1.165, 1.54) is 6.08 Å². The van der Waals surface area contributed by atoms with Crippen molar-refractivity contribution in [3.8, 4) is 11.5 Å². The lowest BCUT2D eigenvalue weighted by Crippen LogP contribution is -1.88. The summed E-state index contributed by atoms with van der Waals surface area (Å²) >= 11 is 15.5. The fraction of sp³-hybridized carbons (Fsp3) is 0. The molecule has 0 saturated heterocycles. The molecule has 0 aliphatic rings. The summed E-state index contributed by atoms with van der Waals surface area (Å²) in [5, 5.41) is 9.41. The maximum atomic E-state index is 10.5. The number of rotatable bonds is 4. The molecule has 0 amide bonds. The highest BCUT2D eigenvalue weighted by Crippen LogP contribution is 2.35. The standard InChI is InChI=1S/C15H9BrCl2O3/c16-10-3-4-11(17)14(8-10)21-13-5-1-9(7-12(13)18)2-6-15(19)20/h1-8H,(H,19,20)/b6-2+. The lowest BCUT2D eigenvalue weighted by molar-refractivity contribution is -0.131. The van der Waals surface area contributed by atoms with Crippen LogP contribution in [-0.4, -0.2) is 11.1 Å². The molecule has 2 rings (SSSR count). The molecule has 3 nitrogen and oxygen atoms in total. The van der Waals surface area contributed by atoms with E-state index in [-0.39, 0.29) is 0 Å². The first-order chi connectivity index (χ1) is 9.95. The summed E-state index contributed by atoms with van der Waals surface area (Å²) in [5.41, 5.74) is 0.662. The van der Waals surface area contributed by atoms with Gasteiger partial charge in [-0.3, -0.25) is 0 Å². The normalized spacial score (nSPS) is 10.8. The average Bonchev–Trinajstić information content (AvgIpc) is 2.43. The van der Waals surface area contributed by atoms with E-state index in [2.05, 4.69) is 15.9 Å². The van der Waals surface area contributed by atoms with Gasteiger partial charge in [-0.05, 0) is 42.0 Å². The number of carbonyl (C=O) groups is 1. The maximum Gasteiger partial charge on any atom is 0.328 e. The van der Waals surface area contributed by atoms with Crippen LogP contribution in [0.1, 0.15) is 5.56 Å². The minimum Gasteiger partial charge on any atom is -0.478 e. The van der Waals surface area contributed by atoms with Crippen LogP contribution in [0.5, 0.6) is 11.5 Å². The molecule has 108 valence electrons. The lowest BCUT2D eigenvalue weighted by Gasteiger charge is -2.10. The van der Waals surface area contributed by atoms with Gasteiger partial charge in [0.15, 0.2) is 0 Å². The zero-order chi connectivity index (χ0) is 15.4. The Morgan fingerprint density at radius 3 is 2.52 bits per heavy atom. The number of aliphatic carboxylic acids is 1. The van der Waals surface area contributed by atoms with Crippen LogP contribution in [0.15, 0.2) is 46.9 Å². The van der Waals surface area contributed by atoms with Crippen LogP contribution < -0.4 is 4.74 Å². The topological polar surface area (TPSA) is 46.5 Å². The van der Waals surface area contributed by atoms with E-state index in [0.717, 1.165) is 10.5 Å². The third-order valence-corrected chi connectivity index (χ3v) is 3.59. The van der Waals surface area contributed by atoms with Gasteiger partial charge >= 0.3 is 5.97 Å². The molecule has 0 atom stereocenters. The second-order valence-corrected chi connectivity index (χ2v) is 5.77. The molecule has 0 aromatic heterocycles. The molecule has 0 aliphatic carbocycles. The number of hydrogen-bond donors (Lipinski definition) is 1. The predicted octanol–water partition coefficient (Wildman–Crippen LogP) is 5.65. The molecule has 1 N–H and O–H groups in total. The fourth-order valence-corrected chi connectivity index (χ4v) is 2.27. The van der Waals surface area contributed by atoms with E-state index in [1.54, 1.807) is 36.4 Å². The predicted molar refractivity (Wildman–Crippen MR) is 87.3 cm³/mol. The first-order valence-electron chi connectivity index (χ1n) is 5.79. The largest absolute Gasteiger partial charge is 0.478 e. The van der Waals surface area contributed by atoms with Crippen LogP contribution in [0, 0.1) is 0 Å². The van der Waals surface area contributed by atoms with Crippen molar-refractivity contribution in [2.75, 3.05) is 0 Å². The fourth-order valence-electron chi connectivity index (χ4n) is 1.54. The average molecular weight is 388 g/mol. The van der Waals surface area contributed by atoms with Crippen molar-refractivity contribution in [2.24, 2.45) is 0 Å². The highest BCUT2D eigenvalue weighted by Gasteiger charge is 2.08. The van der Waals surface area contributed by atoms with Gasteiger partial charge in [0.05, 0.1) is 10.0 Å². The van der Waals surface area contributed by atoms with Gasteiger partial charge in [-0.2, -0.15) is 0 Å². The van der Waals surface area contributed by atoms with Gasteiger partial charge in [0, 0.05) is 10.5 Å². The van der Waals surface area contributed by atoms with Crippen molar-refractivity contribution < 1.29 is 14.6 Å². The molecule has 0 unspecified atom stereocenters. The van der Waals surface area contributed by atoms with Gasteiger partial charge in [0.25, 0.3) is 0 Å². The Morgan fingerprint density at radius 2 is 1.86 bits per heavy atom. The second kappa shape index (κ2) is 6.98. The first kappa shape index (κ1) is 15.9. The molecule has 0 radical (unpaired) electrons. The zero-order valence-corrected chi connectivity index (χ0v) is 13.6. The van der Waals surface area contributed by atoms with Crippen LogP contribution in [0.3, 0.4) is 0 Å². The van der Waals surface area contributed by atoms with Crippen molar-refractivity contribution >= 4 is 51.2 Å². The molecule has 2 aromatic carbocycles. The van der Waals surface area contributed by atoms with Gasteiger partial charge in [-0.1, -0.05) is 45.2 Å². The van der Waals surface area contributed by atoms with Crippen molar-refractivity contribution in [3.63, 3.8) is 0 Å². The number of hydrogen-bond acceptors (Lipinski definition) is 2. The number of carboxylic acid groups (broad SMARTS) is 1. The first-order valence-corrected chi connectivity index (χ1v) is 7.34. The minimum atomic E-state index is -1.02. The van der Waals surface area contributed by atoms with Crippen LogP contribution in [0.2, 0.25) is 10.0 Å². The van der Waals surface area contributed by atoms with Crippen molar-refractivity contribution in [1.29, 1.82) is 0 Å². The van der Waals surface area contributed by atoms with E-state index >= 15 is 0 Å². The third kappa shape index (κ3) is 4.49. The Balaban J connectivity index is 2.25. The smallest absolute Gasteiger partial charge is 0.328 e. The molecule has 0 saturated carbocycles. The molecular formula is C15H9BrCl2O3. The van der Waals surface area contributed by atoms with Crippen molar-refractivity contribution in [1.82, 2.24) is 0 Å². The van der Waals surface area contributed by atoms with Crippen LogP contribution in [-0.2, 0) is 4.79 Å². The third-order valence-electron chi connectivity index (χ3n) is 2.49. The second-order valence-electron chi connectivity index (χ2n) is 4.04. The van der Waals surface area contributed by atoms with E-state index in [0.29, 0.717) is 27.1 Å². The van der Waals surface area contributed by atoms with E-state index < -0.39 is 5.97 Å². The zero-order valence-electron chi connectivity index (χ0n) is 10.5. The molecule has 0 fully saturated rings. The Labute approximate surface area is 139 Å². The quantitative estimate of drug-likeness (QED) is 0.690. The van der Waals surface area contributed by atoms with Crippen molar-refractivity contribution in [3.05, 3.63) is 62.6 Å². The molecule has 0 aliphatic heterocycles. The Morgan fingerprint density at radius 1 is 1.10 bits per heavy atom. The monoisotopic (exact) mass is 386 g/mol. The van der Waals surface area contributed by atoms with Gasteiger partial charge in [-0.15, -0.1) is 0 Å². The molecular weight excluding hydrogens is 379 g/mol. The van der Waals surface area contributed by atoms with E-state index in [1.807, 2.05) is 0 Å². The molecule has 0 heterocycles. The number of ether oxygens (including phenoxy) is 1. The van der Waals surface area contributed by atoms with Gasteiger partial charge < -0.3 is 9.84 Å². The summed E-state index contributed by atoms with van der Waals surface area (Å²) in [6, 6.07) is 10.2. The summed E-state index contributed by atoms with van der Waals surface area (Å²) in [6.45, 7) is 0. The van der Waals surface area contributed by atoms with Crippen LogP contribution in [0.25, 0.3) is 6.08 Å². The van der Waals surface area contributed by atoms with Gasteiger partial charge in [0.1, 0.15) is 11.5 Å². The summed E-state index contributed by atoms with van der Waals surface area (Å²) in [7, 11) is 0. The number of halogens is 3. The Kier molecular flexibility index (Phi) is 5.28. The molecule has 0 spiro atoms. The summed E-state index contributed by atoms with van der Waals surface area (Å²) in [4.78, 5) is 10.5. The summed E-state index contributed by atoms with van der Waals surface area (Å²) in [5.74, 6) is -0.113. The maximum absolute atomic E-state index is 10.5. The minimum absolute atomic E-state index is 0.360. The summed E-state index contributed by atoms with van der Waals surface area (Å²) in [6.07, 6.45) is 2.49. The Bertz CT molecular complexity index is 714. The Hall–Kier alpha value is -1.49. The molecule has 6 heteroatoms. The highest BCUT2D eigenvalue weighted by molar-refractivity contribution is 9.10. The highest BCUT2D eigenvalue weighted by atomic mass is 79.9. The van der Waals surface area contributed by atoms with Gasteiger partial charge in [0.2, 0.25) is 0 Å². The molecule has 21 heavy (non-hydrogen) atoms. The van der Waals surface area contributed by atoms with Gasteiger partial charge in [-0.25, -0.2) is 4.79 Å². The van der Waals surface area contributed by atoms with Crippen molar-refractivity contribution in [2.45, 2.75) is 0 Å².